The molecule has 3 rings (SSSR count). The van der Waals surface area contributed by atoms with Gasteiger partial charge in [-0.1, -0.05) is 97.1 Å². The van der Waals surface area contributed by atoms with Crippen molar-refractivity contribution in [3.8, 4) is 0 Å². The Hall–Kier alpha value is -3.92. The van der Waals surface area contributed by atoms with Crippen molar-refractivity contribution in [1.82, 2.24) is 0 Å². The summed E-state index contributed by atoms with van der Waals surface area (Å²) < 4.78 is 10.6. The maximum absolute atomic E-state index is 12.6. The number of carbonyl (C=O) groups excluding carboxylic acids is 2. The van der Waals surface area contributed by atoms with Gasteiger partial charge in [-0.25, -0.2) is 9.59 Å². The Morgan fingerprint density at radius 3 is 1.73 bits per heavy atom. The van der Waals surface area contributed by atoms with Crippen LogP contribution in [0.3, 0.4) is 0 Å². The molecule has 0 bridgehead atoms. The van der Waals surface area contributed by atoms with E-state index < -0.39 is 11.9 Å². The minimum Gasteiger partial charge on any atom is -0.458 e. The number of esters is 2. The Morgan fingerprint density at radius 1 is 0.667 bits per heavy atom. The van der Waals surface area contributed by atoms with Gasteiger partial charge in [-0.15, -0.1) is 0 Å². The van der Waals surface area contributed by atoms with E-state index in [1.165, 1.54) is 0 Å². The van der Waals surface area contributed by atoms with Crippen molar-refractivity contribution >= 4 is 18.0 Å². The van der Waals surface area contributed by atoms with Gasteiger partial charge in [-0.2, -0.15) is 0 Å². The molecule has 4 heteroatoms. The van der Waals surface area contributed by atoms with Crippen molar-refractivity contribution in [2.45, 2.75) is 13.2 Å². The first-order chi connectivity index (χ1) is 14.7. The molecule has 0 atom stereocenters. The third-order valence-corrected chi connectivity index (χ3v) is 4.20. The maximum Gasteiger partial charge on any atom is 0.338 e. The summed E-state index contributed by atoms with van der Waals surface area (Å²) >= 11 is 0. The number of rotatable bonds is 8. The average molecular weight is 398 g/mol. The van der Waals surface area contributed by atoms with Crippen LogP contribution in [0.1, 0.15) is 16.7 Å². The molecule has 4 nitrogen and oxygen atoms in total. The van der Waals surface area contributed by atoms with Crippen molar-refractivity contribution in [1.29, 1.82) is 0 Å². The van der Waals surface area contributed by atoms with Gasteiger partial charge in [-0.05, 0) is 22.8 Å². The molecule has 0 spiro atoms. The van der Waals surface area contributed by atoms with Crippen molar-refractivity contribution in [2.75, 3.05) is 0 Å². The monoisotopic (exact) mass is 398 g/mol. The van der Waals surface area contributed by atoms with E-state index in [0.29, 0.717) is 0 Å². The lowest BCUT2D eigenvalue weighted by molar-refractivity contribution is -0.142. The van der Waals surface area contributed by atoms with Crippen molar-refractivity contribution in [3.63, 3.8) is 0 Å². The van der Waals surface area contributed by atoms with Crippen LogP contribution in [0, 0.1) is 0 Å². The average Bonchev–Trinajstić information content (AvgIpc) is 2.81. The molecule has 0 aliphatic heterocycles. The van der Waals surface area contributed by atoms with Crippen LogP contribution in [0.5, 0.6) is 0 Å². The standard InChI is InChI=1S/C26H22O4/c27-25(29-19-22-12-6-2-7-13-22)18-24(17-16-21-10-4-1-5-11-21)26(28)30-20-23-14-8-3-9-15-23/h1-18H,19-20H2/b17-16?,24-18-. The lowest BCUT2D eigenvalue weighted by Crippen LogP contribution is -2.10. The van der Waals surface area contributed by atoms with Crippen LogP contribution in [0.4, 0.5) is 0 Å². The van der Waals surface area contributed by atoms with Gasteiger partial charge in [0.05, 0.1) is 5.57 Å². The molecule has 30 heavy (non-hydrogen) atoms. The zero-order chi connectivity index (χ0) is 21.0. The Bertz CT molecular complexity index is 1010. The number of carbonyl (C=O) groups is 2. The molecule has 150 valence electrons. The van der Waals surface area contributed by atoms with Gasteiger partial charge in [0.25, 0.3) is 0 Å². The highest BCUT2D eigenvalue weighted by molar-refractivity contribution is 5.99. The second-order valence-corrected chi connectivity index (χ2v) is 6.50. The van der Waals surface area contributed by atoms with Gasteiger partial charge in [0.15, 0.2) is 0 Å². The molecular formula is C26H22O4. The molecule has 0 aliphatic rings. The Balaban J connectivity index is 1.70. The van der Waals surface area contributed by atoms with Crippen LogP contribution >= 0.6 is 0 Å². The minimum atomic E-state index is -0.608. The molecule has 0 saturated heterocycles. The summed E-state index contributed by atoms with van der Waals surface area (Å²) in [6, 6.07) is 28.2. The van der Waals surface area contributed by atoms with E-state index >= 15 is 0 Å². The molecule has 0 aliphatic carbocycles. The molecule has 0 saturated carbocycles. The minimum absolute atomic E-state index is 0.118. The first kappa shape index (κ1) is 20.8. The highest BCUT2D eigenvalue weighted by atomic mass is 16.5. The topological polar surface area (TPSA) is 52.6 Å². The normalized spacial score (nSPS) is 11.3. The SMILES string of the molecule is O=C(/C=C(/C=Cc1ccccc1)C(=O)OCc1ccccc1)OCc1ccccc1. The maximum atomic E-state index is 12.6. The fraction of sp³-hybridized carbons (Fsp3) is 0.0769. The van der Waals surface area contributed by atoms with Gasteiger partial charge in [0.1, 0.15) is 13.2 Å². The van der Waals surface area contributed by atoms with Gasteiger partial charge in [0, 0.05) is 6.08 Å². The molecule has 0 N–H and O–H groups in total. The quantitative estimate of drug-likeness (QED) is 0.300. The van der Waals surface area contributed by atoms with Crippen LogP contribution in [-0.4, -0.2) is 11.9 Å². The highest BCUT2D eigenvalue weighted by Gasteiger charge is 2.12. The van der Waals surface area contributed by atoms with Gasteiger partial charge in [-0.3, -0.25) is 0 Å². The van der Waals surface area contributed by atoms with Gasteiger partial charge in [0.2, 0.25) is 0 Å². The first-order valence-corrected chi connectivity index (χ1v) is 9.57. The third kappa shape index (κ3) is 6.91. The van der Waals surface area contributed by atoms with E-state index in [2.05, 4.69) is 0 Å². The fourth-order valence-corrected chi connectivity index (χ4v) is 2.63. The van der Waals surface area contributed by atoms with E-state index in [-0.39, 0.29) is 18.8 Å². The molecular weight excluding hydrogens is 376 g/mol. The van der Waals surface area contributed by atoms with E-state index in [9.17, 15) is 9.59 Å². The summed E-state index contributed by atoms with van der Waals surface area (Å²) in [7, 11) is 0. The van der Waals surface area contributed by atoms with E-state index in [0.717, 1.165) is 22.8 Å². The number of hydrogen-bond donors (Lipinski definition) is 0. The molecule has 0 radical (unpaired) electrons. The van der Waals surface area contributed by atoms with Crippen LogP contribution in [0.2, 0.25) is 0 Å². The van der Waals surface area contributed by atoms with Crippen LogP contribution in [-0.2, 0) is 32.3 Å². The summed E-state index contributed by atoms with van der Waals surface area (Å²) in [5, 5.41) is 0. The predicted octanol–water partition coefficient (Wildman–Crippen LogP) is 5.11. The van der Waals surface area contributed by atoms with Gasteiger partial charge >= 0.3 is 11.9 Å². The summed E-state index contributed by atoms with van der Waals surface area (Å²) in [4.78, 5) is 24.9. The van der Waals surface area contributed by atoms with E-state index in [1.54, 1.807) is 12.2 Å². The number of benzene rings is 3. The molecule has 0 amide bonds. The number of hydrogen-bond acceptors (Lipinski definition) is 4. The Kier molecular flexibility index (Phi) is 7.75. The van der Waals surface area contributed by atoms with E-state index in [4.69, 9.17) is 9.47 Å². The smallest absolute Gasteiger partial charge is 0.338 e. The van der Waals surface area contributed by atoms with Crippen molar-refractivity contribution < 1.29 is 19.1 Å². The second kappa shape index (κ2) is 11.2. The fourth-order valence-electron chi connectivity index (χ4n) is 2.63. The Morgan fingerprint density at radius 2 is 1.17 bits per heavy atom. The molecule has 3 aromatic rings. The van der Waals surface area contributed by atoms with Crippen LogP contribution in [0.25, 0.3) is 6.08 Å². The summed E-state index contributed by atoms with van der Waals surface area (Å²) in [5.74, 6) is -1.20. The lowest BCUT2D eigenvalue weighted by Gasteiger charge is -2.07. The summed E-state index contributed by atoms with van der Waals surface area (Å²) in [6.45, 7) is 0.250. The molecule has 0 aromatic heterocycles. The zero-order valence-corrected chi connectivity index (χ0v) is 16.4. The largest absolute Gasteiger partial charge is 0.458 e. The third-order valence-electron chi connectivity index (χ3n) is 4.20. The summed E-state index contributed by atoms with van der Waals surface area (Å²) in [5.41, 5.74) is 2.75. The highest BCUT2D eigenvalue weighted by Crippen LogP contribution is 2.10. The molecule has 3 aromatic carbocycles. The van der Waals surface area contributed by atoms with Crippen molar-refractivity contribution in [2.24, 2.45) is 0 Å². The van der Waals surface area contributed by atoms with Crippen LogP contribution < -0.4 is 0 Å². The Labute approximate surface area is 176 Å². The molecule has 0 unspecified atom stereocenters. The molecule has 0 fully saturated rings. The van der Waals surface area contributed by atoms with Crippen LogP contribution in [0.15, 0.2) is 109 Å². The summed E-state index contributed by atoms with van der Waals surface area (Å²) in [6.07, 6.45) is 4.47. The first-order valence-electron chi connectivity index (χ1n) is 9.57. The van der Waals surface area contributed by atoms with Gasteiger partial charge < -0.3 is 9.47 Å². The zero-order valence-electron chi connectivity index (χ0n) is 16.4. The predicted molar refractivity (Wildman–Crippen MR) is 116 cm³/mol. The second-order valence-electron chi connectivity index (χ2n) is 6.50. The lowest BCUT2D eigenvalue weighted by atomic mass is 10.1. The van der Waals surface area contributed by atoms with E-state index in [1.807, 2.05) is 91.0 Å². The van der Waals surface area contributed by atoms with Crippen molar-refractivity contribution in [3.05, 3.63) is 125 Å². The molecule has 0 heterocycles. The number of ether oxygens (including phenoxy) is 2.